The Bertz CT molecular complexity index is 1110. The molecule has 5 atom stereocenters. The molecule has 3 saturated carbocycles. The molecule has 2 aromatic rings. The van der Waals surface area contributed by atoms with Crippen LogP contribution < -0.4 is 10.9 Å². The Morgan fingerprint density at radius 1 is 1.28 bits per heavy atom. The van der Waals surface area contributed by atoms with Crippen LogP contribution in [0.3, 0.4) is 0 Å². The van der Waals surface area contributed by atoms with Gasteiger partial charge in [-0.2, -0.15) is 5.10 Å². The number of aryl methyl sites for hydroxylation is 1. The number of aromatic nitrogens is 2. The summed E-state index contributed by atoms with van der Waals surface area (Å²) in [6.45, 7) is 7.12. The van der Waals surface area contributed by atoms with Gasteiger partial charge in [0.05, 0.1) is 11.9 Å². The van der Waals surface area contributed by atoms with Gasteiger partial charge >= 0.3 is 0 Å². The van der Waals surface area contributed by atoms with Gasteiger partial charge in [-0.1, -0.05) is 45.0 Å². The molecule has 1 N–H and O–H groups in total. The number of nitrogens with zero attached hydrogens (tertiary/aromatic N) is 2. The number of benzene rings is 1. The number of ketones is 1. The van der Waals surface area contributed by atoms with Crippen LogP contribution in [0.4, 0.5) is 5.69 Å². The number of hydrogen-bond acceptors (Lipinski definition) is 4. The molecule has 0 amide bonds. The quantitative estimate of drug-likeness (QED) is 0.597. The van der Waals surface area contributed by atoms with E-state index >= 15 is 0 Å². The van der Waals surface area contributed by atoms with Crippen molar-refractivity contribution in [2.24, 2.45) is 23.2 Å². The molecule has 3 fully saturated rings. The van der Waals surface area contributed by atoms with E-state index in [0.717, 1.165) is 36.8 Å². The zero-order valence-corrected chi connectivity index (χ0v) is 20.7. The zero-order chi connectivity index (χ0) is 22.6. The summed E-state index contributed by atoms with van der Waals surface area (Å²) in [5.41, 5.74) is 3.54. The van der Waals surface area contributed by atoms with E-state index in [0.29, 0.717) is 28.3 Å². The number of anilines is 1. The molecule has 1 unspecified atom stereocenters. The van der Waals surface area contributed by atoms with Crippen molar-refractivity contribution < 1.29 is 4.79 Å². The average Bonchev–Trinajstić information content (AvgIpc) is 3.17. The summed E-state index contributed by atoms with van der Waals surface area (Å²) >= 11 is 3.48. The number of rotatable bonds is 6. The molecule has 1 aromatic heterocycles. The van der Waals surface area contributed by atoms with Gasteiger partial charge in [0.15, 0.2) is 5.78 Å². The lowest BCUT2D eigenvalue weighted by molar-refractivity contribution is -0.120. The van der Waals surface area contributed by atoms with E-state index < -0.39 is 0 Å². The van der Waals surface area contributed by atoms with Crippen molar-refractivity contribution in [1.82, 2.24) is 9.78 Å². The lowest BCUT2D eigenvalue weighted by Crippen LogP contribution is -2.58. The SMILES string of the molecule is C[C@@H]1[C@H]2C[C@@H](C[C@H]1Nc1cnn(CC(=O)CC3CCc4ccccc43)c(=O)c1Br)C2(C)C. The Labute approximate surface area is 198 Å². The Morgan fingerprint density at radius 2 is 2.06 bits per heavy atom. The Balaban J connectivity index is 1.25. The first kappa shape index (κ1) is 21.9. The molecule has 0 spiro atoms. The highest BCUT2D eigenvalue weighted by Gasteiger charge is 2.56. The number of carbonyl (C=O) groups excluding carboxylic acids is 1. The van der Waals surface area contributed by atoms with E-state index in [9.17, 15) is 9.59 Å². The molecule has 1 heterocycles. The molecule has 4 aliphatic rings. The molecule has 4 aliphatic carbocycles. The van der Waals surface area contributed by atoms with Crippen LogP contribution in [0, 0.1) is 23.2 Å². The third-order valence-corrected chi connectivity index (χ3v) is 9.50. The van der Waals surface area contributed by atoms with Gasteiger partial charge in [0.1, 0.15) is 11.0 Å². The molecular formula is C26H32BrN3O2. The van der Waals surface area contributed by atoms with Gasteiger partial charge < -0.3 is 5.32 Å². The van der Waals surface area contributed by atoms with Gasteiger partial charge in [0.2, 0.25) is 0 Å². The topological polar surface area (TPSA) is 64.0 Å². The minimum absolute atomic E-state index is 0.0224. The molecule has 1 aromatic carbocycles. The second-order valence-corrected chi connectivity index (χ2v) is 11.5. The van der Waals surface area contributed by atoms with Crippen LogP contribution >= 0.6 is 15.9 Å². The Morgan fingerprint density at radius 3 is 2.81 bits per heavy atom. The standard InChI is InChI=1S/C26H32BrN3O2/c1-15-21-11-18(26(21,2)3)12-22(15)29-23-13-28-30(25(32)24(23)27)14-19(31)10-17-9-8-16-6-4-5-7-20(16)17/h4-7,13,15,17-18,21-22,29H,8-12,14H2,1-3H3/t15-,17?,18+,21-,22-/m1/s1. The number of nitrogens with one attached hydrogen (secondary N) is 1. The van der Waals surface area contributed by atoms with Crippen LogP contribution in [-0.4, -0.2) is 21.6 Å². The second-order valence-electron chi connectivity index (χ2n) is 10.7. The number of hydrogen-bond donors (Lipinski definition) is 1. The van der Waals surface area contributed by atoms with E-state index in [1.807, 2.05) is 6.07 Å². The molecule has 0 saturated heterocycles. The van der Waals surface area contributed by atoms with E-state index in [4.69, 9.17) is 0 Å². The summed E-state index contributed by atoms with van der Waals surface area (Å²) < 4.78 is 1.76. The van der Waals surface area contributed by atoms with Crippen LogP contribution in [0.15, 0.2) is 39.7 Å². The smallest absolute Gasteiger partial charge is 0.283 e. The monoisotopic (exact) mass is 497 g/mol. The summed E-state index contributed by atoms with van der Waals surface area (Å²) in [6.07, 6.45) is 6.63. The van der Waals surface area contributed by atoms with Crippen molar-refractivity contribution in [2.75, 3.05) is 5.32 Å². The van der Waals surface area contributed by atoms with Gasteiger partial charge in [-0.05, 0) is 81.8 Å². The maximum atomic E-state index is 12.9. The highest BCUT2D eigenvalue weighted by atomic mass is 79.9. The van der Waals surface area contributed by atoms with Crippen molar-refractivity contribution in [3.05, 3.63) is 56.4 Å². The molecule has 32 heavy (non-hydrogen) atoms. The van der Waals surface area contributed by atoms with E-state index in [-0.39, 0.29) is 23.8 Å². The number of Topliss-reactive ketones (excluding diaryl/α,β-unsaturated/α-hetero) is 1. The number of carbonyl (C=O) groups is 1. The highest BCUT2D eigenvalue weighted by Crippen LogP contribution is 2.61. The minimum Gasteiger partial charge on any atom is -0.380 e. The molecule has 2 bridgehead atoms. The van der Waals surface area contributed by atoms with E-state index in [1.165, 1.54) is 22.2 Å². The normalized spacial score (nSPS) is 29.8. The zero-order valence-electron chi connectivity index (χ0n) is 19.1. The van der Waals surface area contributed by atoms with Crippen LogP contribution in [0.25, 0.3) is 0 Å². The average molecular weight is 498 g/mol. The third kappa shape index (κ3) is 3.64. The van der Waals surface area contributed by atoms with Crippen molar-refractivity contribution in [2.45, 2.75) is 71.4 Å². The third-order valence-electron chi connectivity index (χ3n) is 8.74. The predicted molar refractivity (Wildman–Crippen MR) is 130 cm³/mol. The second kappa shape index (κ2) is 8.12. The van der Waals surface area contributed by atoms with E-state index in [1.54, 1.807) is 6.20 Å². The predicted octanol–water partition coefficient (Wildman–Crippen LogP) is 5.18. The van der Waals surface area contributed by atoms with Crippen molar-refractivity contribution in [1.29, 1.82) is 0 Å². The van der Waals surface area contributed by atoms with Crippen LogP contribution in [0.5, 0.6) is 0 Å². The lowest BCUT2D eigenvalue weighted by Gasteiger charge is -2.62. The minimum atomic E-state index is -0.246. The summed E-state index contributed by atoms with van der Waals surface area (Å²) in [4.78, 5) is 25.7. The summed E-state index contributed by atoms with van der Waals surface area (Å²) in [7, 11) is 0. The van der Waals surface area contributed by atoms with E-state index in [2.05, 4.69) is 65.3 Å². The number of fused-ring (bicyclic) bond motifs is 3. The largest absolute Gasteiger partial charge is 0.380 e. The first-order valence-electron chi connectivity index (χ1n) is 11.9. The Hall–Kier alpha value is -1.95. The van der Waals surface area contributed by atoms with Crippen molar-refractivity contribution in [3.63, 3.8) is 0 Å². The molecule has 0 radical (unpaired) electrons. The fraction of sp³-hybridized carbons (Fsp3) is 0.577. The molecule has 6 heteroatoms. The number of halogens is 1. The first-order chi connectivity index (χ1) is 15.3. The fourth-order valence-electron chi connectivity index (χ4n) is 6.58. The van der Waals surface area contributed by atoms with Crippen molar-refractivity contribution >= 4 is 27.4 Å². The van der Waals surface area contributed by atoms with Gasteiger partial charge in [-0.25, -0.2) is 4.68 Å². The van der Waals surface area contributed by atoms with Crippen LogP contribution in [0.2, 0.25) is 0 Å². The summed E-state index contributed by atoms with van der Waals surface area (Å²) in [5.74, 6) is 2.33. The molecule has 5 nitrogen and oxygen atoms in total. The first-order valence-corrected chi connectivity index (χ1v) is 12.7. The maximum Gasteiger partial charge on any atom is 0.283 e. The summed E-state index contributed by atoms with van der Waals surface area (Å²) in [5, 5.41) is 7.92. The molecule has 0 aliphatic heterocycles. The Kier molecular flexibility index (Phi) is 5.55. The van der Waals surface area contributed by atoms with Crippen LogP contribution in [-0.2, 0) is 17.8 Å². The van der Waals surface area contributed by atoms with Gasteiger partial charge in [0.25, 0.3) is 5.56 Å². The summed E-state index contributed by atoms with van der Waals surface area (Å²) in [6, 6.07) is 8.71. The molecule has 6 rings (SSSR count). The molecule has 170 valence electrons. The van der Waals surface area contributed by atoms with Gasteiger partial charge in [-0.15, -0.1) is 0 Å². The lowest BCUT2D eigenvalue weighted by atomic mass is 9.45. The van der Waals surface area contributed by atoms with Crippen molar-refractivity contribution in [3.8, 4) is 0 Å². The fourth-order valence-corrected chi connectivity index (χ4v) is 7.00. The maximum absolute atomic E-state index is 12.9. The molecular weight excluding hydrogens is 466 g/mol. The highest BCUT2D eigenvalue weighted by molar-refractivity contribution is 9.10. The van der Waals surface area contributed by atoms with Crippen LogP contribution in [0.1, 0.15) is 63.5 Å². The van der Waals surface area contributed by atoms with Gasteiger partial charge in [0, 0.05) is 12.5 Å². The van der Waals surface area contributed by atoms with Gasteiger partial charge in [-0.3, -0.25) is 9.59 Å².